The van der Waals surface area contributed by atoms with Gasteiger partial charge in [0.25, 0.3) is 0 Å². The van der Waals surface area contributed by atoms with Crippen LogP contribution in [-0.2, 0) is 6.54 Å². The normalized spacial score (nSPS) is 22.6. The molecular formula is C13H23N3O. The molecule has 0 aliphatic carbocycles. The molecule has 1 N–H and O–H groups in total. The molecule has 1 aliphatic rings. The molecule has 1 fully saturated rings. The summed E-state index contributed by atoms with van der Waals surface area (Å²) in [5, 5.41) is 3.56. The Balaban J connectivity index is 1.81. The van der Waals surface area contributed by atoms with Gasteiger partial charge in [-0.1, -0.05) is 0 Å². The number of likely N-dealkylation sites (tertiary alicyclic amines) is 1. The topological polar surface area (TPSA) is 41.3 Å². The van der Waals surface area contributed by atoms with E-state index in [-0.39, 0.29) is 0 Å². The van der Waals surface area contributed by atoms with Crippen molar-refractivity contribution < 1.29 is 4.42 Å². The van der Waals surface area contributed by atoms with Crippen LogP contribution in [0.1, 0.15) is 36.6 Å². The first-order chi connectivity index (χ1) is 8.15. The quantitative estimate of drug-likeness (QED) is 0.871. The van der Waals surface area contributed by atoms with Crippen LogP contribution in [0.3, 0.4) is 0 Å². The average molecular weight is 237 g/mol. The number of hydrogen-bond donors (Lipinski definition) is 1. The minimum absolute atomic E-state index is 0.604. The molecule has 0 spiro atoms. The monoisotopic (exact) mass is 237 g/mol. The first-order valence-corrected chi connectivity index (χ1v) is 6.50. The van der Waals surface area contributed by atoms with E-state index >= 15 is 0 Å². The van der Waals surface area contributed by atoms with Gasteiger partial charge in [-0.15, -0.1) is 0 Å². The Bertz CT molecular complexity index is 342. The number of nitrogens with zero attached hydrogens (tertiary/aromatic N) is 2. The van der Waals surface area contributed by atoms with Crippen LogP contribution in [0.2, 0.25) is 0 Å². The molecule has 0 amide bonds. The van der Waals surface area contributed by atoms with Crippen LogP contribution in [0.5, 0.6) is 0 Å². The zero-order valence-electron chi connectivity index (χ0n) is 11.1. The second kappa shape index (κ2) is 5.65. The minimum Gasteiger partial charge on any atom is -0.444 e. The van der Waals surface area contributed by atoms with E-state index in [1.807, 2.05) is 13.8 Å². The predicted molar refractivity (Wildman–Crippen MR) is 68.0 cm³/mol. The molecule has 0 radical (unpaired) electrons. The number of nitrogens with one attached hydrogen (secondary N) is 1. The van der Waals surface area contributed by atoms with Crippen molar-refractivity contribution in [3.05, 3.63) is 17.3 Å². The lowest BCUT2D eigenvalue weighted by Crippen LogP contribution is -2.29. The van der Waals surface area contributed by atoms with Crippen LogP contribution in [0.25, 0.3) is 0 Å². The van der Waals surface area contributed by atoms with E-state index in [2.05, 4.69) is 22.2 Å². The summed E-state index contributed by atoms with van der Waals surface area (Å²) >= 11 is 0. The molecule has 1 atom stereocenters. The number of hydrogen-bond acceptors (Lipinski definition) is 4. The van der Waals surface area contributed by atoms with Gasteiger partial charge in [-0.05, 0) is 53.2 Å². The molecular weight excluding hydrogens is 214 g/mol. The van der Waals surface area contributed by atoms with Crippen LogP contribution < -0.4 is 5.32 Å². The summed E-state index contributed by atoms with van der Waals surface area (Å²) < 4.78 is 5.57. The highest BCUT2D eigenvalue weighted by Gasteiger charge is 2.15. The molecule has 1 unspecified atom stereocenters. The zero-order chi connectivity index (χ0) is 12.3. The number of oxazole rings is 1. The molecule has 0 saturated carbocycles. The van der Waals surface area contributed by atoms with Crippen molar-refractivity contribution >= 4 is 0 Å². The molecule has 4 heteroatoms. The summed E-state index contributed by atoms with van der Waals surface area (Å²) in [5.41, 5.74) is 1.00. The standard InChI is InChI=1S/C13H23N3O/c1-10-11(2)17-13(15-10)9-14-12-5-4-7-16(3)8-6-12/h12,14H,4-9H2,1-3H3. The van der Waals surface area contributed by atoms with Crippen molar-refractivity contribution in [3.63, 3.8) is 0 Å². The van der Waals surface area contributed by atoms with Crippen molar-refractivity contribution in [1.29, 1.82) is 0 Å². The highest BCUT2D eigenvalue weighted by Crippen LogP contribution is 2.12. The lowest BCUT2D eigenvalue weighted by atomic mass is 10.1. The second-order valence-corrected chi connectivity index (χ2v) is 5.06. The van der Waals surface area contributed by atoms with Gasteiger partial charge in [-0.2, -0.15) is 0 Å². The van der Waals surface area contributed by atoms with E-state index in [0.29, 0.717) is 6.04 Å². The number of aryl methyl sites for hydroxylation is 2. The summed E-state index contributed by atoms with van der Waals surface area (Å²) in [5.74, 6) is 1.75. The fourth-order valence-corrected chi connectivity index (χ4v) is 2.29. The Labute approximate surface area is 103 Å². The van der Waals surface area contributed by atoms with Gasteiger partial charge in [0.2, 0.25) is 5.89 Å². The van der Waals surface area contributed by atoms with Crippen LogP contribution in [0.4, 0.5) is 0 Å². The lowest BCUT2D eigenvalue weighted by Gasteiger charge is -2.15. The number of aromatic nitrogens is 1. The summed E-state index contributed by atoms with van der Waals surface area (Å²) in [6, 6.07) is 0.604. The number of rotatable bonds is 3. The van der Waals surface area contributed by atoms with Crippen molar-refractivity contribution in [1.82, 2.24) is 15.2 Å². The smallest absolute Gasteiger partial charge is 0.208 e. The molecule has 0 bridgehead atoms. The summed E-state index contributed by atoms with van der Waals surface area (Å²) in [7, 11) is 2.20. The van der Waals surface area contributed by atoms with Crippen LogP contribution in [0.15, 0.2) is 4.42 Å². The maximum Gasteiger partial charge on any atom is 0.208 e. The molecule has 0 aromatic carbocycles. The van der Waals surface area contributed by atoms with E-state index in [9.17, 15) is 0 Å². The Morgan fingerprint density at radius 2 is 2.18 bits per heavy atom. The molecule has 2 heterocycles. The van der Waals surface area contributed by atoms with E-state index in [1.54, 1.807) is 0 Å². The Morgan fingerprint density at radius 3 is 2.88 bits per heavy atom. The van der Waals surface area contributed by atoms with E-state index in [1.165, 1.54) is 32.4 Å². The first kappa shape index (κ1) is 12.6. The third-order valence-electron chi connectivity index (χ3n) is 3.57. The molecule has 1 aromatic heterocycles. The summed E-state index contributed by atoms with van der Waals surface area (Å²) in [6.45, 7) is 7.11. The molecule has 1 aromatic rings. The zero-order valence-corrected chi connectivity index (χ0v) is 11.1. The third-order valence-corrected chi connectivity index (χ3v) is 3.57. The van der Waals surface area contributed by atoms with E-state index in [0.717, 1.165) is 23.9 Å². The van der Waals surface area contributed by atoms with Crippen molar-refractivity contribution in [3.8, 4) is 0 Å². The fraction of sp³-hybridized carbons (Fsp3) is 0.769. The van der Waals surface area contributed by atoms with Gasteiger partial charge in [0.1, 0.15) is 5.76 Å². The second-order valence-electron chi connectivity index (χ2n) is 5.06. The van der Waals surface area contributed by atoms with Crippen molar-refractivity contribution in [2.75, 3.05) is 20.1 Å². The van der Waals surface area contributed by atoms with Crippen LogP contribution >= 0.6 is 0 Å². The highest BCUT2D eigenvalue weighted by molar-refractivity contribution is 5.05. The van der Waals surface area contributed by atoms with Gasteiger partial charge in [-0.3, -0.25) is 0 Å². The van der Waals surface area contributed by atoms with Gasteiger partial charge in [0.15, 0.2) is 0 Å². The SMILES string of the molecule is Cc1nc(CNC2CCCN(C)CC2)oc1C. The Hall–Kier alpha value is -0.870. The molecule has 1 saturated heterocycles. The maximum absolute atomic E-state index is 5.57. The first-order valence-electron chi connectivity index (χ1n) is 6.50. The van der Waals surface area contributed by atoms with Crippen LogP contribution in [-0.4, -0.2) is 36.1 Å². The van der Waals surface area contributed by atoms with Gasteiger partial charge >= 0.3 is 0 Å². The van der Waals surface area contributed by atoms with Gasteiger partial charge in [0.05, 0.1) is 12.2 Å². The summed E-state index contributed by atoms with van der Waals surface area (Å²) in [6.07, 6.45) is 3.75. The molecule has 1 aliphatic heterocycles. The Kier molecular flexibility index (Phi) is 4.18. The van der Waals surface area contributed by atoms with Crippen LogP contribution in [0, 0.1) is 13.8 Å². The van der Waals surface area contributed by atoms with E-state index in [4.69, 9.17) is 4.42 Å². The minimum atomic E-state index is 0.604. The van der Waals surface area contributed by atoms with E-state index < -0.39 is 0 Å². The van der Waals surface area contributed by atoms with Crippen molar-refractivity contribution in [2.24, 2.45) is 0 Å². The molecule has 2 rings (SSSR count). The third kappa shape index (κ3) is 3.54. The summed E-state index contributed by atoms with van der Waals surface area (Å²) in [4.78, 5) is 6.80. The average Bonchev–Trinajstić information content (AvgIpc) is 2.50. The van der Waals surface area contributed by atoms with Crippen molar-refractivity contribution in [2.45, 2.75) is 45.7 Å². The Morgan fingerprint density at radius 1 is 1.35 bits per heavy atom. The maximum atomic E-state index is 5.57. The largest absolute Gasteiger partial charge is 0.444 e. The molecule has 17 heavy (non-hydrogen) atoms. The molecule has 96 valence electrons. The fourth-order valence-electron chi connectivity index (χ4n) is 2.29. The lowest BCUT2D eigenvalue weighted by molar-refractivity contribution is 0.341. The van der Waals surface area contributed by atoms with Gasteiger partial charge < -0.3 is 14.6 Å². The van der Waals surface area contributed by atoms with Gasteiger partial charge in [-0.25, -0.2) is 4.98 Å². The molecule has 4 nitrogen and oxygen atoms in total. The highest BCUT2D eigenvalue weighted by atomic mass is 16.4. The predicted octanol–water partition coefficient (Wildman–Crippen LogP) is 1.87. The van der Waals surface area contributed by atoms with Gasteiger partial charge in [0, 0.05) is 6.04 Å².